The van der Waals surface area contributed by atoms with Crippen molar-refractivity contribution in [3.05, 3.63) is 59.6 Å². The van der Waals surface area contributed by atoms with Gasteiger partial charge in [-0.25, -0.2) is 4.39 Å². The fourth-order valence-corrected chi connectivity index (χ4v) is 3.45. The van der Waals surface area contributed by atoms with Crippen molar-refractivity contribution in [2.24, 2.45) is 0 Å². The first kappa shape index (κ1) is 21.8. The van der Waals surface area contributed by atoms with E-state index in [-0.39, 0.29) is 11.1 Å². The van der Waals surface area contributed by atoms with E-state index in [9.17, 15) is 27.5 Å². The summed E-state index contributed by atoms with van der Waals surface area (Å²) in [4.78, 5) is 12.9. The molecule has 4 nitrogen and oxygen atoms in total. The Bertz CT molecular complexity index is 1020. The van der Waals surface area contributed by atoms with E-state index < -0.39 is 40.7 Å². The second-order valence-corrected chi connectivity index (χ2v) is 7.94. The lowest BCUT2D eigenvalue weighted by Crippen LogP contribution is -2.49. The molecule has 1 heterocycles. The molecule has 2 aromatic carbocycles. The minimum absolute atomic E-state index is 0.217. The van der Waals surface area contributed by atoms with E-state index in [0.717, 1.165) is 6.07 Å². The summed E-state index contributed by atoms with van der Waals surface area (Å²) in [6.07, 6.45) is -5.04. The second-order valence-electron chi connectivity index (χ2n) is 7.94. The molecule has 0 saturated carbocycles. The van der Waals surface area contributed by atoms with Crippen LogP contribution in [0.1, 0.15) is 33.3 Å². The molecule has 30 heavy (non-hydrogen) atoms. The van der Waals surface area contributed by atoms with Crippen LogP contribution in [0.2, 0.25) is 0 Å². The minimum Gasteiger partial charge on any atom is -0.508 e. The lowest BCUT2D eigenvalue weighted by atomic mass is 9.82. The minimum atomic E-state index is -5.04. The third-order valence-corrected chi connectivity index (χ3v) is 4.75. The number of carbonyl (C=O) groups excluding carboxylic acids is 1. The molecule has 0 aromatic heterocycles. The molecule has 3 rings (SSSR count). The number of aliphatic hydroxyl groups is 1. The number of aliphatic hydroxyl groups excluding tert-OH is 1. The van der Waals surface area contributed by atoms with Gasteiger partial charge in [-0.3, -0.25) is 4.79 Å². The van der Waals surface area contributed by atoms with Gasteiger partial charge in [-0.1, -0.05) is 18.2 Å². The van der Waals surface area contributed by atoms with Crippen LogP contribution < -0.4 is 4.74 Å². The Morgan fingerprint density at radius 2 is 1.50 bits per heavy atom. The van der Waals surface area contributed by atoms with Crippen LogP contribution in [-0.2, 0) is 9.53 Å². The number of Topliss-reactive ketones (excluding diaryl/α,β-unsaturated/α-hetero) is 1. The molecular weight excluding hydrogens is 404 g/mol. The van der Waals surface area contributed by atoms with Gasteiger partial charge in [-0.2, -0.15) is 0 Å². The number of alkyl halides is 3. The first-order valence-corrected chi connectivity index (χ1v) is 9.06. The lowest BCUT2D eigenvalue weighted by molar-refractivity contribution is -0.274. The number of ether oxygens (including phenoxy) is 2. The Morgan fingerprint density at radius 1 is 0.933 bits per heavy atom. The highest BCUT2D eigenvalue weighted by atomic mass is 19.4. The van der Waals surface area contributed by atoms with Crippen molar-refractivity contribution >= 4 is 11.4 Å². The van der Waals surface area contributed by atoms with Crippen molar-refractivity contribution < 1.29 is 36.9 Å². The van der Waals surface area contributed by atoms with Gasteiger partial charge in [0, 0.05) is 5.56 Å². The van der Waals surface area contributed by atoms with Gasteiger partial charge in [0.1, 0.15) is 28.5 Å². The van der Waals surface area contributed by atoms with Crippen molar-refractivity contribution in [3.8, 4) is 16.9 Å². The molecule has 8 heteroatoms. The lowest BCUT2D eigenvalue weighted by Gasteiger charge is -2.40. The van der Waals surface area contributed by atoms with Gasteiger partial charge in [-0.15, -0.1) is 13.2 Å². The molecule has 0 fully saturated rings. The van der Waals surface area contributed by atoms with Crippen molar-refractivity contribution in [1.82, 2.24) is 0 Å². The number of halogens is 4. The molecule has 0 aliphatic carbocycles. The van der Waals surface area contributed by atoms with Crippen LogP contribution >= 0.6 is 0 Å². The zero-order chi connectivity index (χ0) is 22.5. The maximum Gasteiger partial charge on any atom is 0.573 e. The number of hydrogen-bond donors (Lipinski definition) is 1. The Hall–Kier alpha value is -2.87. The Kier molecular flexibility index (Phi) is 5.18. The smallest absolute Gasteiger partial charge is 0.508 e. The molecule has 1 N–H and O–H groups in total. The fourth-order valence-electron chi connectivity index (χ4n) is 3.45. The highest BCUT2D eigenvalue weighted by molar-refractivity contribution is 6.26. The fraction of sp³-hybridized carbons (Fsp3) is 0.318. The first-order valence-electron chi connectivity index (χ1n) is 9.06. The Balaban J connectivity index is 2.23. The monoisotopic (exact) mass is 424 g/mol. The summed E-state index contributed by atoms with van der Waals surface area (Å²) in [7, 11) is 0. The van der Waals surface area contributed by atoms with Crippen molar-refractivity contribution in [2.45, 2.75) is 45.3 Å². The van der Waals surface area contributed by atoms with Crippen LogP contribution in [0.5, 0.6) is 5.75 Å². The predicted molar refractivity (Wildman–Crippen MR) is 102 cm³/mol. The topological polar surface area (TPSA) is 55.8 Å². The van der Waals surface area contributed by atoms with E-state index in [0.29, 0.717) is 11.1 Å². The summed E-state index contributed by atoms with van der Waals surface area (Å²) in [5.74, 6) is -2.32. The van der Waals surface area contributed by atoms with Crippen LogP contribution in [0.3, 0.4) is 0 Å². The quantitative estimate of drug-likeness (QED) is 0.631. The maximum atomic E-state index is 13.2. The molecule has 1 aliphatic heterocycles. The van der Waals surface area contributed by atoms with Crippen LogP contribution in [0.15, 0.2) is 48.2 Å². The van der Waals surface area contributed by atoms with Gasteiger partial charge >= 0.3 is 6.36 Å². The summed E-state index contributed by atoms with van der Waals surface area (Å²) in [6, 6.07) is 8.99. The summed E-state index contributed by atoms with van der Waals surface area (Å²) < 4.78 is 62.3. The molecule has 0 saturated heterocycles. The van der Waals surface area contributed by atoms with Crippen molar-refractivity contribution in [1.29, 1.82) is 0 Å². The molecule has 0 spiro atoms. The van der Waals surface area contributed by atoms with Crippen molar-refractivity contribution in [3.63, 3.8) is 0 Å². The Labute approximate surface area is 170 Å². The zero-order valence-corrected chi connectivity index (χ0v) is 16.7. The highest BCUT2D eigenvalue weighted by Gasteiger charge is 2.48. The molecular formula is C22H20F4O4. The van der Waals surface area contributed by atoms with E-state index in [4.69, 9.17) is 4.74 Å². The Morgan fingerprint density at radius 3 is 2.07 bits per heavy atom. The second kappa shape index (κ2) is 7.12. The number of carbonyl (C=O) groups is 1. The zero-order valence-electron chi connectivity index (χ0n) is 16.7. The summed E-state index contributed by atoms with van der Waals surface area (Å²) >= 11 is 0. The van der Waals surface area contributed by atoms with E-state index in [1.165, 1.54) is 64.1 Å². The predicted octanol–water partition coefficient (Wildman–Crippen LogP) is 5.82. The van der Waals surface area contributed by atoms with E-state index in [2.05, 4.69) is 4.74 Å². The van der Waals surface area contributed by atoms with Crippen LogP contribution in [0.25, 0.3) is 16.7 Å². The largest absolute Gasteiger partial charge is 0.573 e. The van der Waals surface area contributed by atoms with E-state index in [1.807, 2.05) is 0 Å². The van der Waals surface area contributed by atoms with Gasteiger partial charge < -0.3 is 14.6 Å². The summed E-state index contributed by atoms with van der Waals surface area (Å²) in [5, 5.41) is 10.6. The molecule has 1 aliphatic rings. The average molecular weight is 424 g/mol. The van der Waals surface area contributed by atoms with Crippen molar-refractivity contribution in [2.75, 3.05) is 0 Å². The molecule has 0 atom stereocenters. The summed E-state index contributed by atoms with van der Waals surface area (Å²) in [5.41, 5.74) is -2.44. The molecule has 2 aromatic rings. The molecule has 0 amide bonds. The standard InChI is InChI=1S/C22H20F4O4/c1-20(2)18(27)17(19(28)21(3,4)30-20)15-10-7-13(11-16(15)29-22(24,25)26)12-5-8-14(23)9-6-12/h5-11,27H,1-4H3. The van der Waals surface area contributed by atoms with E-state index in [1.54, 1.807) is 0 Å². The number of hydrogen-bond acceptors (Lipinski definition) is 4. The highest BCUT2D eigenvalue weighted by Crippen LogP contribution is 2.44. The van der Waals surface area contributed by atoms with E-state index >= 15 is 0 Å². The molecule has 0 unspecified atom stereocenters. The normalized spacial score (nSPS) is 18.5. The van der Waals surface area contributed by atoms with Gasteiger partial charge in [0.2, 0.25) is 0 Å². The third kappa shape index (κ3) is 4.18. The number of ketones is 1. The van der Waals surface area contributed by atoms with Crippen LogP contribution in [0, 0.1) is 5.82 Å². The molecule has 0 radical (unpaired) electrons. The number of benzene rings is 2. The van der Waals surface area contributed by atoms with Crippen LogP contribution in [0.4, 0.5) is 17.6 Å². The van der Waals surface area contributed by atoms with Gasteiger partial charge in [0.05, 0.1) is 5.57 Å². The van der Waals surface area contributed by atoms with Gasteiger partial charge in [0.25, 0.3) is 0 Å². The average Bonchev–Trinajstić information content (AvgIpc) is 2.60. The molecule has 160 valence electrons. The summed E-state index contributed by atoms with van der Waals surface area (Å²) in [6.45, 7) is 5.96. The van der Waals surface area contributed by atoms with Crippen LogP contribution in [-0.4, -0.2) is 28.5 Å². The van der Waals surface area contributed by atoms with Gasteiger partial charge in [0.15, 0.2) is 5.78 Å². The molecule has 0 bridgehead atoms. The first-order chi connectivity index (χ1) is 13.7. The van der Waals surface area contributed by atoms with Gasteiger partial charge in [-0.05, 0) is 63.1 Å². The SMILES string of the molecule is CC1(C)OC(C)(C)C(O)=C(c2ccc(-c3ccc(F)cc3)cc2OC(F)(F)F)C1=O. The number of rotatable bonds is 3. The third-order valence-electron chi connectivity index (χ3n) is 4.75. The maximum absolute atomic E-state index is 13.2.